The Kier molecular flexibility index (Phi) is 15.5. The summed E-state index contributed by atoms with van der Waals surface area (Å²) >= 11 is 6.16. The molecule has 1 aliphatic carbocycles. The lowest BCUT2D eigenvalue weighted by atomic mass is 9.83. The Labute approximate surface area is 249 Å². The third-order valence-corrected chi connectivity index (χ3v) is 10.4. The molecule has 2 heterocycles. The lowest BCUT2D eigenvalue weighted by molar-refractivity contribution is -0.923. The van der Waals surface area contributed by atoms with Crippen LogP contribution in [-0.2, 0) is 9.53 Å². The largest absolute Gasteiger partial charge is 0.378 e. The molecule has 0 aromatic rings. The molecule has 0 bridgehead atoms. The molecule has 3 unspecified atom stereocenters. The topological polar surface area (TPSA) is 65.6 Å². The number of likely N-dealkylation sites (tertiary alicyclic amines) is 1. The van der Waals surface area contributed by atoms with E-state index in [9.17, 15) is 9.18 Å². The van der Waals surface area contributed by atoms with Gasteiger partial charge in [0, 0.05) is 52.2 Å². The van der Waals surface area contributed by atoms with E-state index in [2.05, 4.69) is 41.6 Å². The van der Waals surface area contributed by atoms with Crippen LogP contribution in [-0.4, -0.2) is 105 Å². The molecule has 3 aliphatic rings. The Bertz CT molecular complexity index is 691. The van der Waals surface area contributed by atoms with E-state index in [-0.39, 0.29) is 29.6 Å². The van der Waals surface area contributed by atoms with Gasteiger partial charge in [-0.1, -0.05) is 0 Å². The van der Waals surface area contributed by atoms with Crippen LogP contribution in [0.3, 0.4) is 0 Å². The van der Waals surface area contributed by atoms with Crippen LogP contribution < -0.4 is 16.0 Å². The average Bonchev–Trinajstić information content (AvgIpc) is 2.97. The van der Waals surface area contributed by atoms with Crippen molar-refractivity contribution in [3.8, 4) is 0 Å². The number of ether oxygens (including phenoxy) is 1. The molecule has 7 nitrogen and oxygen atoms in total. The summed E-state index contributed by atoms with van der Waals surface area (Å²) < 4.78 is 22.2. The SMILES string of the molecule is CC[N+](CC)(CC)CCCCCNC(=O)CC1CCC(OCCCC2CCN(C3NCC(Cl)CN3)CC2)CC1F. The summed E-state index contributed by atoms with van der Waals surface area (Å²) in [5.41, 5.74) is 0. The number of halogens is 2. The summed E-state index contributed by atoms with van der Waals surface area (Å²) in [6.07, 6.45) is 9.72. The van der Waals surface area contributed by atoms with E-state index in [0.717, 1.165) is 70.8 Å². The number of alkyl halides is 2. The zero-order valence-electron chi connectivity index (χ0n) is 25.8. The van der Waals surface area contributed by atoms with Crippen molar-refractivity contribution in [2.24, 2.45) is 11.8 Å². The average molecular weight is 589 g/mol. The summed E-state index contributed by atoms with van der Waals surface area (Å²) in [5, 5.41) is 10.2. The smallest absolute Gasteiger partial charge is 0.220 e. The molecular weight excluding hydrogens is 529 g/mol. The highest BCUT2D eigenvalue weighted by Gasteiger charge is 2.32. The molecule has 0 radical (unpaired) electrons. The quantitative estimate of drug-likeness (QED) is 0.131. The van der Waals surface area contributed by atoms with Gasteiger partial charge in [-0.05, 0) is 90.4 Å². The first-order valence-corrected chi connectivity index (χ1v) is 17.0. The third kappa shape index (κ3) is 11.3. The van der Waals surface area contributed by atoms with E-state index >= 15 is 0 Å². The van der Waals surface area contributed by atoms with Gasteiger partial charge < -0.3 is 14.5 Å². The third-order valence-electron chi connectivity index (χ3n) is 10.1. The number of carbonyl (C=O) groups excluding carboxylic acids is 1. The fourth-order valence-electron chi connectivity index (χ4n) is 6.96. The standard InChI is InChI=1S/C31H59ClFN5O2/c1-4-38(5-2,6-3)19-9-7-8-16-34-30(39)21-26-12-13-28(22-29(26)33)40-20-10-11-25-14-17-37(18-15-25)31-35-23-27(32)24-36-31/h25-29,31,35-36H,4-24H2,1-3H3/p+1. The highest BCUT2D eigenvalue weighted by molar-refractivity contribution is 6.21. The lowest BCUT2D eigenvalue weighted by Gasteiger charge is -2.41. The predicted octanol–water partition coefficient (Wildman–Crippen LogP) is 4.64. The normalized spacial score (nSPS) is 29.0. The van der Waals surface area contributed by atoms with Crippen LogP contribution in [0.5, 0.6) is 0 Å². The van der Waals surface area contributed by atoms with Gasteiger partial charge in [-0.15, -0.1) is 11.6 Å². The number of carbonyl (C=O) groups is 1. The Morgan fingerprint density at radius 3 is 2.35 bits per heavy atom. The number of hydrogen-bond donors (Lipinski definition) is 3. The van der Waals surface area contributed by atoms with Gasteiger partial charge in [0.2, 0.25) is 5.91 Å². The molecule has 0 aromatic heterocycles. The molecule has 40 heavy (non-hydrogen) atoms. The fraction of sp³-hybridized carbons (Fsp3) is 0.968. The summed E-state index contributed by atoms with van der Waals surface area (Å²) in [7, 11) is 0. The van der Waals surface area contributed by atoms with Gasteiger partial charge in [0.25, 0.3) is 0 Å². The van der Waals surface area contributed by atoms with E-state index in [1.807, 2.05) is 0 Å². The van der Waals surface area contributed by atoms with Crippen LogP contribution >= 0.6 is 11.6 Å². The van der Waals surface area contributed by atoms with Gasteiger partial charge in [-0.25, -0.2) is 4.39 Å². The van der Waals surface area contributed by atoms with Gasteiger partial charge >= 0.3 is 0 Å². The second-order valence-electron chi connectivity index (χ2n) is 12.6. The second-order valence-corrected chi connectivity index (χ2v) is 13.3. The van der Waals surface area contributed by atoms with Crippen molar-refractivity contribution in [2.45, 2.75) is 115 Å². The Balaban J connectivity index is 1.18. The van der Waals surface area contributed by atoms with E-state index in [4.69, 9.17) is 16.3 Å². The first kappa shape index (κ1) is 34.0. The van der Waals surface area contributed by atoms with Crippen LogP contribution in [0.2, 0.25) is 0 Å². The summed E-state index contributed by atoms with van der Waals surface area (Å²) in [6, 6.07) is 0. The van der Waals surface area contributed by atoms with Crippen LogP contribution in [0, 0.1) is 11.8 Å². The summed E-state index contributed by atoms with van der Waals surface area (Å²) in [4.78, 5) is 14.9. The number of hydrogen-bond acceptors (Lipinski definition) is 5. The zero-order chi connectivity index (χ0) is 28.8. The van der Waals surface area contributed by atoms with Gasteiger partial charge in [0.1, 0.15) is 12.5 Å². The van der Waals surface area contributed by atoms with Crippen molar-refractivity contribution in [2.75, 3.05) is 65.5 Å². The van der Waals surface area contributed by atoms with Crippen molar-refractivity contribution in [3.05, 3.63) is 0 Å². The number of nitrogens with one attached hydrogen (secondary N) is 3. The molecule has 3 fully saturated rings. The molecule has 2 aliphatic heterocycles. The molecule has 0 spiro atoms. The van der Waals surface area contributed by atoms with Crippen molar-refractivity contribution in [1.82, 2.24) is 20.9 Å². The van der Waals surface area contributed by atoms with E-state index in [1.54, 1.807) is 0 Å². The van der Waals surface area contributed by atoms with Gasteiger partial charge in [-0.2, -0.15) is 0 Å². The van der Waals surface area contributed by atoms with E-state index in [1.165, 1.54) is 56.3 Å². The predicted molar refractivity (Wildman–Crippen MR) is 163 cm³/mol. The monoisotopic (exact) mass is 588 g/mol. The fourth-order valence-corrected chi connectivity index (χ4v) is 7.14. The number of quaternary nitrogens is 1. The van der Waals surface area contributed by atoms with Gasteiger partial charge in [0.05, 0.1) is 37.7 Å². The van der Waals surface area contributed by atoms with Gasteiger partial charge in [-0.3, -0.25) is 20.3 Å². The maximum Gasteiger partial charge on any atom is 0.220 e. The molecular formula is C31H60ClFN5O2+. The molecule has 9 heteroatoms. The molecule has 234 valence electrons. The van der Waals surface area contributed by atoms with Crippen LogP contribution in [0.25, 0.3) is 0 Å². The molecule has 2 saturated heterocycles. The van der Waals surface area contributed by atoms with E-state index in [0.29, 0.717) is 19.4 Å². The lowest BCUT2D eigenvalue weighted by Crippen LogP contribution is -2.62. The Morgan fingerprint density at radius 1 is 1.00 bits per heavy atom. The van der Waals surface area contributed by atoms with Crippen LogP contribution in [0.1, 0.15) is 91.4 Å². The molecule has 3 N–H and O–H groups in total. The Hall–Kier alpha value is -0.510. The highest BCUT2D eigenvalue weighted by Crippen LogP contribution is 2.32. The van der Waals surface area contributed by atoms with Gasteiger partial charge in [0.15, 0.2) is 0 Å². The van der Waals surface area contributed by atoms with Crippen molar-refractivity contribution in [3.63, 3.8) is 0 Å². The minimum Gasteiger partial charge on any atom is -0.378 e. The number of unbranched alkanes of at least 4 members (excludes halogenated alkanes) is 2. The maximum absolute atomic E-state index is 14.9. The maximum atomic E-state index is 14.9. The number of nitrogens with zero attached hydrogens (tertiary/aromatic N) is 2. The zero-order valence-corrected chi connectivity index (χ0v) is 26.5. The Morgan fingerprint density at radius 2 is 1.70 bits per heavy atom. The second kappa shape index (κ2) is 18.2. The van der Waals surface area contributed by atoms with Crippen LogP contribution in [0.4, 0.5) is 4.39 Å². The minimum atomic E-state index is -0.937. The van der Waals surface area contributed by atoms with E-state index < -0.39 is 6.17 Å². The first-order chi connectivity index (χ1) is 19.4. The highest BCUT2D eigenvalue weighted by atomic mass is 35.5. The molecule has 1 saturated carbocycles. The van der Waals surface area contributed by atoms with Crippen molar-refractivity contribution >= 4 is 17.5 Å². The van der Waals surface area contributed by atoms with Crippen LogP contribution in [0.15, 0.2) is 0 Å². The molecule has 3 rings (SSSR count). The first-order valence-electron chi connectivity index (χ1n) is 16.6. The number of amides is 1. The number of rotatable bonds is 17. The summed E-state index contributed by atoms with van der Waals surface area (Å²) in [5.74, 6) is 0.603. The van der Waals surface area contributed by atoms with Crippen molar-refractivity contribution < 1.29 is 18.4 Å². The minimum absolute atomic E-state index is 0.00486. The number of piperidine rings is 1. The summed E-state index contributed by atoms with van der Waals surface area (Å²) in [6.45, 7) is 17.0. The molecule has 1 amide bonds. The molecule has 3 atom stereocenters. The van der Waals surface area contributed by atoms with Crippen molar-refractivity contribution in [1.29, 1.82) is 0 Å². The molecule has 0 aromatic carbocycles.